The number of carbonyl (C=O) groups is 4. The number of benzene rings is 2. The summed E-state index contributed by atoms with van der Waals surface area (Å²) in [5, 5.41) is 9.54. The van der Waals surface area contributed by atoms with Gasteiger partial charge in [0.25, 0.3) is 0 Å². The summed E-state index contributed by atoms with van der Waals surface area (Å²) >= 11 is 0. The van der Waals surface area contributed by atoms with Crippen molar-refractivity contribution in [1.29, 1.82) is 0 Å². The molecule has 4 unspecified atom stereocenters. The number of methoxy groups -OCH3 is 3. The molecule has 2 saturated heterocycles. The fraction of sp³-hybridized carbons (Fsp3) is 0.545. The van der Waals surface area contributed by atoms with Crippen LogP contribution in [0.4, 0.5) is 11.4 Å². The number of aliphatic hydroxyl groups is 1. The Kier molecular flexibility index (Phi) is 11.5. The zero-order chi connectivity index (χ0) is 40.0. The first-order valence-corrected chi connectivity index (χ1v) is 19.4. The average Bonchev–Trinajstić information content (AvgIpc) is 3.63. The number of aliphatic hydroxyl groups excluding tert-OH is 1. The van der Waals surface area contributed by atoms with Gasteiger partial charge in [0.2, 0.25) is 11.8 Å². The number of allylic oxidation sites excluding steroid dienone is 4. The van der Waals surface area contributed by atoms with Crippen molar-refractivity contribution in [1.82, 2.24) is 0 Å². The van der Waals surface area contributed by atoms with Crippen LogP contribution >= 0.6 is 0 Å². The highest BCUT2D eigenvalue weighted by molar-refractivity contribution is 6.22. The molecule has 10 rings (SSSR count). The Balaban J connectivity index is 0.000000156. The molecular formula is C44H56N2O9. The summed E-state index contributed by atoms with van der Waals surface area (Å²) in [5.74, 6) is 2.97. The topological polar surface area (TPSA) is 155 Å². The van der Waals surface area contributed by atoms with Crippen LogP contribution in [0, 0.1) is 71.0 Å². The van der Waals surface area contributed by atoms with Crippen molar-refractivity contribution in [2.24, 2.45) is 71.0 Å². The number of hydrogen-bond donors (Lipinski definition) is 2. The molecule has 8 aliphatic rings. The van der Waals surface area contributed by atoms with E-state index in [4.69, 9.17) is 24.7 Å². The molecule has 4 fully saturated rings. The van der Waals surface area contributed by atoms with E-state index in [9.17, 15) is 24.3 Å². The first-order chi connectivity index (χ1) is 26.1. The Bertz CT molecular complexity index is 1850. The number of amides is 2. The minimum atomic E-state index is -0.288. The average molecular weight is 757 g/mol. The quantitative estimate of drug-likeness (QED) is 0.104. The predicted octanol–water partition coefficient (Wildman–Crippen LogP) is 6.62. The van der Waals surface area contributed by atoms with Gasteiger partial charge in [-0.3, -0.25) is 19.2 Å². The largest absolute Gasteiger partial charge is 0.497 e. The maximum Gasteiger partial charge on any atom is 0.318 e. The molecule has 0 aromatic heterocycles. The first kappa shape index (κ1) is 40.0. The zero-order valence-electron chi connectivity index (χ0n) is 33.4. The molecule has 6 aliphatic carbocycles. The molecular weight excluding hydrogens is 700 g/mol. The van der Waals surface area contributed by atoms with Crippen molar-refractivity contribution in [2.45, 2.75) is 61.0 Å². The highest BCUT2D eigenvalue weighted by Crippen LogP contribution is 2.57. The SMILES string of the molecule is CC1=CC2[C@H](C(C)C)CC1[C@H]1C(=O)OC(=O)[C@@H]21.COc1cc(CO)cc(N2C(=O)[C@@H]3C4C[C@@H](C(C)C)C(C=C4C)[C@@H]3C2=O)c1.COc1cc(N)cc(OC)c1. The molecule has 11 heteroatoms. The Hall–Kier alpha value is -4.64. The number of nitrogen functional groups attached to an aromatic ring is 1. The summed E-state index contributed by atoms with van der Waals surface area (Å²) in [6.45, 7) is 12.8. The van der Waals surface area contributed by atoms with Gasteiger partial charge < -0.3 is 29.8 Å². The second-order valence-corrected chi connectivity index (χ2v) is 16.7. The lowest BCUT2D eigenvalue weighted by atomic mass is 9.54. The molecule has 0 spiro atoms. The molecule has 2 amide bonds. The van der Waals surface area contributed by atoms with Crippen molar-refractivity contribution in [3.8, 4) is 17.2 Å². The van der Waals surface area contributed by atoms with Crippen LogP contribution in [0.1, 0.15) is 59.9 Å². The number of cyclic esters (lactones) is 2. The fourth-order valence-corrected chi connectivity index (χ4v) is 10.4. The summed E-state index contributed by atoms with van der Waals surface area (Å²) in [4.78, 5) is 51.6. The van der Waals surface area contributed by atoms with Gasteiger partial charge in [0.1, 0.15) is 17.2 Å². The molecule has 55 heavy (non-hydrogen) atoms. The number of rotatable bonds is 7. The molecule has 0 radical (unpaired) electrons. The van der Waals surface area contributed by atoms with Crippen molar-refractivity contribution in [3.63, 3.8) is 0 Å². The highest BCUT2D eigenvalue weighted by atomic mass is 16.6. The lowest BCUT2D eigenvalue weighted by Crippen LogP contribution is -2.46. The molecule has 3 N–H and O–H groups in total. The number of carbonyl (C=O) groups excluding carboxylic acids is 4. The Morgan fingerprint density at radius 1 is 0.691 bits per heavy atom. The van der Waals surface area contributed by atoms with Crippen LogP contribution in [-0.4, -0.2) is 50.2 Å². The number of imide groups is 1. The van der Waals surface area contributed by atoms with Crippen LogP contribution < -0.4 is 24.8 Å². The second-order valence-electron chi connectivity index (χ2n) is 16.7. The van der Waals surface area contributed by atoms with Crippen LogP contribution in [-0.2, 0) is 30.5 Å². The molecule has 2 saturated carbocycles. The number of nitrogens with zero attached hydrogens (tertiary/aromatic N) is 1. The fourth-order valence-electron chi connectivity index (χ4n) is 10.4. The van der Waals surface area contributed by atoms with E-state index in [2.05, 4.69) is 53.7 Å². The lowest BCUT2D eigenvalue weighted by Gasteiger charge is -2.48. The first-order valence-electron chi connectivity index (χ1n) is 19.4. The van der Waals surface area contributed by atoms with Gasteiger partial charge in [0, 0.05) is 30.0 Å². The molecule has 10 atom stereocenters. The Morgan fingerprint density at radius 2 is 1.16 bits per heavy atom. The molecule has 11 nitrogen and oxygen atoms in total. The summed E-state index contributed by atoms with van der Waals surface area (Å²) in [7, 11) is 4.72. The minimum absolute atomic E-state index is 0.105. The van der Waals surface area contributed by atoms with Gasteiger partial charge in [0.15, 0.2) is 0 Å². The van der Waals surface area contributed by atoms with E-state index < -0.39 is 0 Å². The van der Waals surface area contributed by atoms with Gasteiger partial charge in [-0.2, -0.15) is 0 Å². The maximum atomic E-state index is 13.4. The van der Waals surface area contributed by atoms with Crippen molar-refractivity contribution in [3.05, 3.63) is 65.3 Å². The maximum absolute atomic E-state index is 13.4. The molecule has 2 aromatic carbocycles. The van der Waals surface area contributed by atoms with Gasteiger partial charge in [-0.25, -0.2) is 4.90 Å². The van der Waals surface area contributed by atoms with E-state index in [1.54, 1.807) is 50.6 Å². The van der Waals surface area contributed by atoms with E-state index in [1.165, 1.54) is 23.2 Å². The Labute approximate surface area is 324 Å². The third kappa shape index (κ3) is 7.28. The van der Waals surface area contributed by atoms with E-state index >= 15 is 0 Å². The third-order valence-electron chi connectivity index (χ3n) is 13.1. The normalized spacial score (nSPS) is 31.2. The standard InChI is InChI=1S/C22H27NO4.C14H18O3.C8H11NO2/c1-11(2)16-9-17-12(3)5-18(16)20-19(17)21(25)23(22(20)26)14-6-13(10-24)7-15(8-14)27-4;1-6(2)8-5-9-7(3)4-10(8)12-11(9)13(15)17-14(12)16;1-10-7-3-6(9)4-8(5-7)11-2/h5-8,11,16-20,24H,9-10H2,1-4H3;4,6,8-12H,5H2,1-3H3;3-5H,9H2,1-2H3/t16-,17?,18?,19+,20-;8-,9?,10?,11+,12-;/m00./s1. The molecule has 4 bridgehead atoms. The van der Waals surface area contributed by atoms with Crippen LogP contribution in [0.3, 0.4) is 0 Å². The van der Waals surface area contributed by atoms with Crippen molar-refractivity contribution in [2.75, 3.05) is 32.0 Å². The van der Waals surface area contributed by atoms with Crippen molar-refractivity contribution < 1.29 is 43.2 Å². The summed E-state index contributed by atoms with van der Waals surface area (Å²) in [5.41, 5.74) is 9.84. The van der Waals surface area contributed by atoms with E-state index in [0.717, 1.165) is 12.8 Å². The van der Waals surface area contributed by atoms with Crippen LogP contribution in [0.5, 0.6) is 17.2 Å². The summed E-state index contributed by atoms with van der Waals surface area (Å²) in [6, 6.07) is 10.4. The molecule has 2 aromatic rings. The smallest absolute Gasteiger partial charge is 0.318 e. The van der Waals surface area contributed by atoms with Gasteiger partial charge in [0.05, 0.1) is 57.3 Å². The van der Waals surface area contributed by atoms with Crippen LogP contribution in [0.2, 0.25) is 0 Å². The van der Waals surface area contributed by atoms with Gasteiger partial charge in [-0.15, -0.1) is 0 Å². The van der Waals surface area contributed by atoms with E-state index in [-0.39, 0.29) is 77.7 Å². The zero-order valence-corrected chi connectivity index (χ0v) is 33.4. The lowest BCUT2D eigenvalue weighted by molar-refractivity contribution is -0.154. The van der Waals surface area contributed by atoms with Crippen molar-refractivity contribution >= 4 is 35.1 Å². The van der Waals surface area contributed by atoms with Gasteiger partial charge in [-0.05, 0) is 91.7 Å². The Morgan fingerprint density at radius 3 is 1.67 bits per heavy atom. The highest BCUT2D eigenvalue weighted by Gasteiger charge is 2.61. The monoisotopic (exact) mass is 756 g/mol. The van der Waals surface area contributed by atoms with Crippen LogP contribution in [0.15, 0.2) is 59.7 Å². The number of fused-ring (bicyclic) bond motifs is 2. The summed E-state index contributed by atoms with van der Waals surface area (Å²) in [6.07, 6.45) is 6.49. The van der Waals surface area contributed by atoms with Gasteiger partial charge in [-0.1, -0.05) is 51.0 Å². The number of esters is 2. The minimum Gasteiger partial charge on any atom is -0.497 e. The molecule has 2 heterocycles. The number of ether oxygens (including phenoxy) is 4. The second kappa shape index (κ2) is 15.8. The number of hydrogen-bond acceptors (Lipinski definition) is 10. The molecule has 2 aliphatic heterocycles. The third-order valence-corrected chi connectivity index (χ3v) is 13.1. The molecule has 296 valence electrons. The van der Waals surface area contributed by atoms with E-state index in [0.29, 0.717) is 57.9 Å². The van der Waals surface area contributed by atoms with E-state index in [1.807, 2.05) is 0 Å². The predicted molar refractivity (Wildman–Crippen MR) is 208 cm³/mol. The van der Waals surface area contributed by atoms with Crippen LogP contribution in [0.25, 0.3) is 0 Å². The number of nitrogens with two attached hydrogens (primary N) is 1. The van der Waals surface area contributed by atoms with Gasteiger partial charge >= 0.3 is 11.9 Å². The number of anilines is 2. The summed E-state index contributed by atoms with van der Waals surface area (Å²) < 4.78 is 20.1.